The first kappa shape index (κ1) is 16.9. The molecule has 0 aromatic heterocycles. The van der Waals surface area contributed by atoms with Crippen molar-refractivity contribution in [1.82, 2.24) is 0 Å². The van der Waals surface area contributed by atoms with Crippen LogP contribution in [0.25, 0.3) is 22.3 Å². The molecule has 3 aromatic rings. The number of benzene rings is 3. The van der Waals surface area contributed by atoms with Gasteiger partial charge in [0.1, 0.15) is 5.82 Å². The van der Waals surface area contributed by atoms with Crippen LogP contribution in [0.1, 0.15) is 11.1 Å². The second kappa shape index (κ2) is 7.76. The van der Waals surface area contributed by atoms with Gasteiger partial charge in [-0.05, 0) is 58.4 Å². The maximum Gasteiger partial charge on any atom is 0.123 e. The minimum Gasteiger partial charge on any atom is -0.207 e. The van der Waals surface area contributed by atoms with E-state index in [-0.39, 0.29) is 5.82 Å². The summed E-state index contributed by atoms with van der Waals surface area (Å²) in [6.45, 7) is 7.83. The molecule has 0 aliphatic carbocycles. The fourth-order valence-corrected chi connectivity index (χ4v) is 3.24. The van der Waals surface area contributed by atoms with Crippen LogP contribution in [0.5, 0.6) is 0 Å². The zero-order chi connectivity index (χ0) is 17.6. The van der Waals surface area contributed by atoms with Gasteiger partial charge in [0.15, 0.2) is 0 Å². The van der Waals surface area contributed by atoms with Crippen LogP contribution in [-0.4, -0.2) is 0 Å². The summed E-state index contributed by atoms with van der Waals surface area (Å²) in [5.74, 6) is -0.222. The molecular weight excluding hydrogens is 307 g/mol. The Kier molecular flexibility index (Phi) is 5.25. The SMILES string of the molecule is C=CCc1ccc(-c2ccc(F)cc2)c(CC=C)c1-c1ccccc1. The highest BCUT2D eigenvalue weighted by atomic mass is 19.1. The molecule has 0 atom stereocenters. The van der Waals surface area contributed by atoms with Crippen molar-refractivity contribution in [3.8, 4) is 22.3 Å². The lowest BCUT2D eigenvalue weighted by molar-refractivity contribution is 0.628. The van der Waals surface area contributed by atoms with E-state index in [9.17, 15) is 4.39 Å². The van der Waals surface area contributed by atoms with Crippen LogP contribution in [0, 0.1) is 5.82 Å². The molecule has 0 amide bonds. The van der Waals surface area contributed by atoms with Crippen molar-refractivity contribution < 1.29 is 4.39 Å². The molecule has 0 heterocycles. The Labute approximate surface area is 149 Å². The standard InChI is InChI=1S/C24H21F/c1-3-8-19-14-17-22(18-12-15-21(25)16-13-18)23(9-4-2)24(19)20-10-6-5-7-11-20/h3-7,10-17H,1-2,8-9H2. The van der Waals surface area contributed by atoms with Crippen molar-refractivity contribution in [1.29, 1.82) is 0 Å². The molecule has 0 aliphatic rings. The van der Waals surface area contributed by atoms with Gasteiger partial charge in [0, 0.05) is 0 Å². The number of allylic oxidation sites excluding steroid dienone is 2. The average Bonchev–Trinajstić information content (AvgIpc) is 2.64. The highest BCUT2D eigenvalue weighted by Crippen LogP contribution is 2.36. The molecule has 0 aliphatic heterocycles. The number of hydrogen-bond acceptors (Lipinski definition) is 0. The Morgan fingerprint density at radius 1 is 0.720 bits per heavy atom. The summed E-state index contributed by atoms with van der Waals surface area (Å²) in [6.07, 6.45) is 5.41. The second-order valence-electron chi connectivity index (χ2n) is 5.98. The molecule has 0 saturated heterocycles. The van der Waals surface area contributed by atoms with E-state index in [2.05, 4.69) is 49.6 Å². The molecule has 0 fully saturated rings. The summed E-state index contributed by atoms with van der Waals surface area (Å²) in [7, 11) is 0. The lowest BCUT2D eigenvalue weighted by atomic mass is 9.86. The minimum atomic E-state index is -0.222. The Balaban J connectivity index is 2.28. The van der Waals surface area contributed by atoms with Crippen molar-refractivity contribution in [2.45, 2.75) is 12.8 Å². The van der Waals surface area contributed by atoms with Crippen molar-refractivity contribution in [2.75, 3.05) is 0 Å². The Morgan fingerprint density at radius 3 is 2.04 bits per heavy atom. The first-order chi connectivity index (χ1) is 12.2. The van der Waals surface area contributed by atoms with Crippen molar-refractivity contribution in [2.24, 2.45) is 0 Å². The first-order valence-electron chi connectivity index (χ1n) is 8.42. The normalized spacial score (nSPS) is 10.4. The van der Waals surface area contributed by atoms with Gasteiger partial charge in [-0.25, -0.2) is 4.39 Å². The smallest absolute Gasteiger partial charge is 0.123 e. The van der Waals surface area contributed by atoms with Gasteiger partial charge in [0.2, 0.25) is 0 Å². The maximum atomic E-state index is 13.3. The van der Waals surface area contributed by atoms with Crippen LogP contribution in [0.3, 0.4) is 0 Å². The van der Waals surface area contributed by atoms with Gasteiger partial charge in [-0.1, -0.05) is 66.7 Å². The quantitative estimate of drug-likeness (QED) is 0.446. The predicted molar refractivity (Wildman–Crippen MR) is 105 cm³/mol. The predicted octanol–water partition coefficient (Wildman–Crippen LogP) is 6.62. The van der Waals surface area contributed by atoms with Gasteiger partial charge in [0.25, 0.3) is 0 Å². The van der Waals surface area contributed by atoms with E-state index in [1.54, 1.807) is 0 Å². The van der Waals surface area contributed by atoms with Gasteiger partial charge >= 0.3 is 0 Å². The van der Waals surface area contributed by atoms with Crippen LogP contribution in [0.15, 0.2) is 92.0 Å². The number of hydrogen-bond donors (Lipinski definition) is 0. The molecule has 3 rings (SSSR count). The maximum absolute atomic E-state index is 13.3. The summed E-state index contributed by atoms with van der Waals surface area (Å²) < 4.78 is 13.3. The molecule has 0 spiro atoms. The van der Waals surface area contributed by atoms with Crippen LogP contribution in [0.2, 0.25) is 0 Å². The highest BCUT2D eigenvalue weighted by Gasteiger charge is 2.15. The molecule has 124 valence electrons. The third kappa shape index (κ3) is 3.61. The molecule has 3 aromatic carbocycles. The van der Waals surface area contributed by atoms with E-state index in [0.717, 1.165) is 24.0 Å². The largest absolute Gasteiger partial charge is 0.207 e. The molecule has 0 nitrogen and oxygen atoms in total. The van der Waals surface area contributed by atoms with E-state index in [1.165, 1.54) is 34.4 Å². The Hall–Kier alpha value is -2.93. The molecule has 0 unspecified atom stereocenters. The third-order valence-electron chi connectivity index (χ3n) is 4.33. The number of halogens is 1. The van der Waals surface area contributed by atoms with Crippen molar-refractivity contribution in [3.63, 3.8) is 0 Å². The molecular formula is C24H21F. The fraction of sp³-hybridized carbons (Fsp3) is 0.0833. The molecule has 1 heteroatoms. The van der Waals surface area contributed by atoms with E-state index >= 15 is 0 Å². The summed E-state index contributed by atoms with van der Waals surface area (Å²) in [5.41, 5.74) is 6.99. The van der Waals surface area contributed by atoms with Crippen molar-refractivity contribution >= 4 is 0 Å². The molecule has 25 heavy (non-hydrogen) atoms. The van der Waals surface area contributed by atoms with Crippen LogP contribution in [0.4, 0.5) is 4.39 Å². The van der Waals surface area contributed by atoms with E-state index in [4.69, 9.17) is 0 Å². The van der Waals surface area contributed by atoms with Crippen LogP contribution >= 0.6 is 0 Å². The Morgan fingerprint density at radius 2 is 1.40 bits per heavy atom. The fourth-order valence-electron chi connectivity index (χ4n) is 3.24. The summed E-state index contributed by atoms with van der Waals surface area (Å²) in [5, 5.41) is 0. The van der Waals surface area contributed by atoms with E-state index < -0.39 is 0 Å². The first-order valence-corrected chi connectivity index (χ1v) is 8.42. The van der Waals surface area contributed by atoms with Gasteiger partial charge in [-0.3, -0.25) is 0 Å². The third-order valence-corrected chi connectivity index (χ3v) is 4.33. The zero-order valence-corrected chi connectivity index (χ0v) is 14.2. The Bertz CT molecular complexity index is 874. The lowest BCUT2D eigenvalue weighted by Crippen LogP contribution is -1.98. The molecule has 0 saturated carbocycles. The topological polar surface area (TPSA) is 0 Å². The van der Waals surface area contributed by atoms with Gasteiger partial charge < -0.3 is 0 Å². The second-order valence-corrected chi connectivity index (χ2v) is 5.98. The lowest BCUT2D eigenvalue weighted by Gasteiger charge is -2.18. The summed E-state index contributed by atoms with van der Waals surface area (Å²) in [4.78, 5) is 0. The van der Waals surface area contributed by atoms with Crippen molar-refractivity contribution in [3.05, 3.63) is 109 Å². The monoisotopic (exact) mass is 328 g/mol. The number of rotatable bonds is 6. The van der Waals surface area contributed by atoms with E-state index in [0.29, 0.717) is 0 Å². The minimum absolute atomic E-state index is 0.222. The van der Waals surface area contributed by atoms with E-state index in [1.807, 2.05) is 30.4 Å². The molecule has 0 bridgehead atoms. The summed E-state index contributed by atoms with van der Waals surface area (Å²) in [6, 6.07) is 21.3. The molecule has 0 N–H and O–H groups in total. The molecule has 0 radical (unpaired) electrons. The van der Waals surface area contributed by atoms with Crippen LogP contribution < -0.4 is 0 Å². The van der Waals surface area contributed by atoms with Gasteiger partial charge in [-0.2, -0.15) is 0 Å². The average molecular weight is 328 g/mol. The zero-order valence-electron chi connectivity index (χ0n) is 14.2. The van der Waals surface area contributed by atoms with Crippen LogP contribution in [-0.2, 0) is 12.8 Å². The van der Waals surface area contributed by atoms with Gasteiger partial charge in [0.05, 0.1) is 0 Å². The highest BCUT2D eigenvalue weighted by molar-refractivity contribution is 5.81. The summed E-state index contributed by atoms with van der Waals surface area (Å²) >= 11 is 0. The van der Waals surface area contributed by atoms with Gasteiger partial charge in [-0.15, -0.1) is 13.2 Å².